The lowest BCUT2D eigenvalue weighted by Crippen LogP contribution is -2.20. The molecule has 156 valence electrons. The fourth-order valence-electron chi connectivity index (χ4n) is 2.45. The fraction of sp³-hybridized carbons (Fsp3) is 0.316. The normalized spacial score (nSPS) is 10.2. The molecule has 7 nitrogen and oxygen atoms in total. The topological polar surface area (TPSA) is 85.9 Å². The molecular weight excluding hydrogens is 436 g/mol. The predicted molar refractivity (Wildman–Crippen MR) is 119 cm³/mol. The number of hydrogen-bond acceptors (Lipinski definition) is 7. The Bertz CT molecular complexity index is 930. The van der Waals surface area contributed by atoms with Gasteiger partial charge in [0.25, 0.3) is 0 Å². The van der Waals surface area contributed by atoms with Gasteiger partial charge in [-0.25, -0.2) is 9.59 Å². The number of benzene rings is 1. The van der Waals surface area contributed by atoms with Gasteiger partial charge < -0.3 is 24.8 Å². The van der Waals surface area contributed by atoms with Crippen molar-refractivity contribution in [3.05, 3.63) is 39.2 Å². The van der Waals surface area contributed by atoms with Crippen LogP contribution in [-0.2, 0) is 9.47 Å². The van der Waals surface area contributed by atoms with Crippen molar-refractivity contribution in [2.24, 2.45) is 0 Å². The maximum Gasteiger partial charge on any atom is 0.348 e. The molecule has 0 aliphatic heterocycles. The third kappa shape index (κ3) is 5.59. The molecule has 2 N–H and O–H groups in total. The van der Waals surface area contributed by atoms with E-state index in [4.69, 9.17) is 38.0 Å². The van der Waals surface area contributed by atoms with Gasteiger partial charge in [0.15, 0.2) is 5.11 Å². The summed E-state index contributed by atoms with van der Waals surface area (Å²) < 4.78 is 15.3. The number of ether oxygens (including phenoxy) is 3. The molecule has 2 rings (SSSR count). The number of carbonyl (C=O) groups is 2. The number of anilines is 2. The molecule has 0 fully saturated rings. The highest BCUT2D eigenvalue weighted by molar-refractivity contribution is 7.80. The van der Waals surface area contributed by atoms with E-state index in [0.29, 0.717) is 31.9 Å². The van der Waals surface area contributed by atoms with Crippen molar-refractivity contribution in [3.63, 3.8) is 0 Å². The zero-order chi connectivity index (χ0) is 21.6. The Morgan fingerprint density at radius 1 is 1.14 bits per heavy atom. The van der Waals surface area contributed by atoms with Crippen LogP contribution in [0.2, 0.25) is 5.02 Å². The molecule has 10 heteroatoms. The summed E-state index contributed by atoms with van der Waals surface area (Å²) in [6.07, 6.45) is 0. The van der Waals surface area contributed by atoms with E-state index in [-0.39, 0.29) is 23.9 Å². The van der Waals surface area contributed by atoms with E-state index >= 15 is 0 Å². The molecule has 1 aromatic carbocycles. The molecule has 1 aromatic heterocycles. The van der Waals surface area contributed by atoms with Crippen LogP contribution in [0.1, 0.15) is 39.4 Å². The second kappa shape index (κ2) is 10.4. The summed E-state index contributed by atoms with van der Waals surface area (Å²) in [6.45, 7) is 5.52. The molecule has 1 heterocycles. The smallest absolute Gasteiger partial charge is 0.348 e. The Balaban J connectivity index is 2.28. The van der Waals surface area contributed by atoms with Crippen molar-refractivity contribution >= 4 is 62.9 Å². The first kappa shape index (κ1) is 22.9. The monoisotopic (exact) mass is 456 g/mol. The van der Waals surface area contributed by atoms with E-state index in [2.05, 4.69) is 10.6 Å². The van der Waals surface area contributed by atoms with Gasteiger partial charge in [-0.05, 0) is 56.8 Å². The zero-order valence-electron chi connectivity index (χ0n) is 16.4. The highest BCUT2D eigenvalue weighted by Crippen LogP contribution is 2.34. The van der Waals surface area contributed by atoms with Crippen LogP contribution in [0.25, 0.3) is 0 Å². The number of halogens is 1. The van der Waals surface area contributed by atoms with E-state index in [0.717, 1.165) is 11.3 Å². The molecule has 2 aromatic rings. The highest BCUT2D eigenvalue weighted by Gasteiger charge is 2.26. The lowest BCUT2D eigenvalue weighted by molar-refractivity contribution is 0.0527. The molecule has 0 saturated carbocycles. The van der Waals surface area contributed by atoms with Gasteiger partial charge in [0.2, 0.25) is 0 Å². The molecular formula is C19H21ClN2O5S2. The molecule has 0 bridgehead atoms. The minimum Gasteiger partial charge on any atom is -0.495 e. The van der Waals surface area contributed by atoms with Gasteiger partial charge >= 0.3 is 11.9 Å². The van der Waals surface area contributed by atoms with Crippen LogP contribution < -0.4 is 15.4 Å². The summed E-state index contributed by atoms with van der Waals surface area (Å²) in [4.78, 5) is 25.0. The van der Waals surface area contributed by atoms with E-state index < -0.39 is 11.9 Å². The molecule has 0 atom stereocenters. The Hall–Kier alpha value is -2.36. The third-order valence-electron chi connectivity index (χ3n) is 3.72. The van der Waals surface area contributed by atoms with Crippen LogP contribution >= 0.6 is 35.2 Å². The average Bonchev–Trinajstić information content (AvgIpc) is 2.98. The van der Waals surface area contributed by atoms with Crippen LogP contribution in [0.3, 0.4) is 0 Å². The Labute approximate surface area is 183 Å². The summed E-state index contributed by atoms with van der Waals surface area (Å²) in [6, 6.07) is 5.10. The summed E-state index contributed by atoms with van der Waals surface area (Å²) in [7, 11) is 1.53. The molecule has 0 saturated heterocycles. The maximum atomic E-state index is 12.4. The van der Waals surface area contributed by atoms with Crippen LogP contribution in [0.15, 0.2) is 18.2 Å². The first-order valence-corrected chi connectivity index (χ1v) is 10.3. The number of methoxy groups -OCH3 is 1. The first-order valence-electron chi connectivity index (χ1n) is 8.71. The van der Waals surface area contributed by atoms with Gasteiger partial charge in [0.05, 0.1) is 30.9 Å². The number of hydrogen-bond donors (Lipinski definition) is 2. The van der Waals surface area contributed by atoms with E-state index in [1.54, 1.807) is 39.0 Å². The molecule has 0 aliphatic rings. The standard InChI is InChI=1S/C19H21ClN2O5S2/c1-5-26-17(23)14-10(3)15(18(24)27-6-2)29-16(14)22-19(28)21-11-7-8-13(25-4)12(20)9-11/h7-9H,5-6H2,1-4H3,(H2,21,22,28). The van der Waals surface area contributed by atoms with Gasteiger partial charge in [-0.3, -0.25) is 0 Å². The van der Waals surface area contributed by atoms with Gasteiger partial charge in [-0.15, -0.1) is 11.3 Å². The summed E-state index contributed by atoms with van der Waals surface area (Å²) in [5.74, 6) is -0.516. The van der Waals surface area contributed by atoms with Crippen LogP contribution in [0.4, 0.5) is 10.7 Å². The molecule has 0 unspecified atom stereocenters. The lowest BCUT2D eigenvalue weighted by atomic mass is 10.1. The number of thiocarbonyl (C=S) groups is 1. The maximum absolute atomic E-state index is 12.4. The SMILES string of the molecule is CCOC(=O)c1sc(NC(=S)Nc2ccc(OC)c(Cl)c2)c(C(=O)OCC)c1C. The van der Waals surface area contributed by atoms with Crippen molar-refractivity contribution in [1.82, 2.24) is 0 Å². The summed E-state index contributed by atoms with van der Waals surface area (Å²) >= 11 is 12.5. The molecule has 0 amide bonds. The largest absolute Gasteiger partial charge is 0.495 e. The van der Waals surface area contributed by atoms with Crippen molar-refractivity contribution in [2.75, 3.05) is 31.0 Å². The minimum atomic E-state index is -0.547. The van der Waals surface area contributed by atoms with E-state index in [1.165, 1.54) is 7.11 Å². The molecule has 0 aliphatic carbocycles. The second-order valence-electron chi connectivity index (χ2n) is 5.63. The zero-order valence-corrected chi connectivity index (χ0v) is 18.8. The Morgan fingerprint density at radius 3 is 2.38 bits per heavy atom. The first-order chi connectivity index (χ1) is 13.8. The van der Waals surface area contributed by atoms with Crippen molar-refractivity contribution < 1.29 is 23.8 Å². The quantitative estimate of drug-likeness (QED) is 0.450. The minimum absolute atomic E-state index is 0.204. The summed E-state index contributed by atoms with van der Waals surface area (Å²) in [5, 5.41) is 6.97. The Kier molecular flexibility index (Phi) is 8.24. The van der Waals surface area contributed by atoms with Crippen LogP contribution in [0, 0.1) is 6.92 Å². The number of carbonyl (C=O) groups excluding carboxylic acids is 2. The lowest BCUT2D eigenvalue weighted by Gasteiger charge is -2.12. The second-order valence-corrected chi connectivity index (χ2v) is 7.47. The number of rotatable bonds is 7. The predicted octanol–water partition coefficient (Wildman–Crippen LogP) is 4.88. The number of esters is 2. The molecule has 0 radical (unpaired) electrons. The summed E-state index contributed by atoms with van der Waals surface area (Å²) in [5.41, 5.74) is 1.35. The fourth-order valence-corrected chi connectivity index (χ4v) is 4.09. The number of thiophene rings is 1. The number of nitrogens with one attached hydrogen (secondary N) is 2. The average molecular weight is 457 g/mol. The van der Waals surface area contributed by atoms with E-state index in [9.17, 15) is 9.59 Å². The van der Waals surface area contributed by atoms with Crippen LogP contribution in [0.5, 0.6) is 5.75 Å². The van der Waals surface area contributed by atoms with Gasteiger partial charge in [-0.1, -0.05) is 11.6 Å². The van der Waals surface area contributed by atoms with Crippen molar-refractivity contribution in [1.29, 1.82) is 0 Å². The van der Waals surface area contributed by atoms with Gasteiger partial charge in [-0.2, -0.15) is 0 Å². The highest BCUT2D eigenvalue weighted by atomic mass is 35.5. The van der Waals surface area contributed by atoms with Gasteiger partial charge in [0, 0.05) is 5.69 Å². The third-order valence-corrected chi connectivity index (χ3v) is 5.41. The van der Waals surface area contributed by atoms with E-state index in [1.807, 2.05) is 0 Å². The Morgan fingerprint density at radius 2 is 1.79 bits per heavy atom. The van der Waals surface area contributed by atoms with Crippen molar-refractivity contribution in [2.45, 2.75) is 20.8 Å². The molecule has 0 spiro atoms. The van der Waals surface area contributed by atoms with Crippen molar-refractivity contribution in [3.8, 4) is 5.75 Å². The molecule has 29 heavy (non-hydrogen) atoms. The van der Waals surface area contributed by atoms with Gasteiger partial charge in [0.1, 0.15) is 15.6 Å². The van der Waals surface area contributed by atoms with Crippen LogP contribution in [-0.4, -0.2) is 37.4 Å².